The third-order valence-corrected chi connectivity index (χ3v) is 2.26. The lowest BCUT2D eigenvalue weighted by atomic mass is 10.3. The van der Waals surface area contributed by atoms with E-state index in [2.05, 4.69) is 10.2 Å². The van der Waals surface area contributed by atoms with Gasteiger partial charge in [0.05, 0.1) is 0 Å². The van der Waals surface area contributed by atoms with Crippen LogP contribution in [0.5, 0.6) is 0 Å². The average molecular weight is 230 g/mol. The van der Waals surface area contributed by atoms with Crippen LogP contribution in [0, 0.1) is 11.3 Å². The summed E-state index contributed by atoms with van der Waals surface area (Å²) in [6.45, 7) is 2.08. The number of aryl methyl sites for hydroxylation is 1. The van der Waals surface area contributed by atoms with Crippen LogP contribution in [0.1, 0.15) is 24.3 Å². The molecule has 86 valence electrons. The van der Waals surface area contributed by atoms with Gasteiger partial charge in [-0.25, -0.2) is 0 Å². The van der Waals surface area contributed by atoms with Crippen molar-refractivity contribution in [1.82, 2.24) is 14.8 Å². The van der Waals surface area contributed by atoms with Crippen molar-refractivity contribution in [3.05, 3.63) is 46.0 Å². The SMILES string of the molecule is CCc1nnc(Cn2cccc(C#N)c2=O)o1. The van der Waals surface area contributed by atoms with Crippen LogP contribution in [0.15, 0.2) is 27.5 Å². The topological polar surface area (TPSA) is 84.7 Å². The Balaban J connectivity index is 2.31. The lowest BCUT2D eigenvalue weighted by Crippen LogP contribution is -2.22. The number of nitrogens with zero attached hydrogens (tertiary/aromatic N) is 4. The Bertz CT molecular complexity index is 621. The van der Waals surface area contributed by atoms with Crippen LogP contribution in [0.25, 0.3) is 0 Å². The Morgan fingerprint density at radius 2 is 2.24 bits per heavy atom. The molecule has 2 aromatic heterocycles. The van der Waals surface area contributed by atoms with Gasteiger partial charge in [0, 0.05) is 12.6 Å². The van der Waals surface area contributed by atoms with E-state index in [-0.39, 0.29) is 17.7 Å². The number of nitriles is 1. The molecular formula is C11H10N4O2. The summed E-state index contributed by atoms with van der Waals surface area (Å²) in [6, 6.07) is 4.95. The van der Waals surface area contributed by atoms with Gasteiger partial charge >= 0.3 is 0 Å². The van der Waals surface area contributed by atoms with Gasteiger partial charge in [0.2, 0.25) is 11.8 Å². The van der Waals surface area contributed by atoms with Gasteiger partial charge in [-0.1, -0.05) is 6.92 Å². The highest BCUT2D eigenvalue weighted by molar-refractivity contribution is 5.25. The predicted octanol–water partition coefficient (Wildman–Crippen LogP) is 0.714. The number of hydrogen-bond acceptors (Lipinski definition) is 5. The molecule has 0 aliphatic carbocycles. The first kappa shape index (κ1) is 11.1. The quantitative estimate of drug-likeness (QED) is 0.775. The standard InChI is InChI=1S/C11H10N4O2/c1-2-9-13-14-10(17-9)7-15-5-3-4-8(6-12)11(15)16/h3-5H,2,7H2,1H3. The minimum Gasteiger partial charge on any atom is -0.423 e. The summed E-state index contributed by atoms with van der Waals surface area (Å²) in [5.74, 6) is 0.892. The largest absolute Gasteiger partial charge is 0.423 e. The molecule has 0 radical (unpaired) electrons. The van der Waals surface area contributed by atoms with Gasteiger partial charge in [0.25, 0.3) is 5.56 Å². The summed E-state index contributed by atoms with van der Waals surface area (Å²) >= 11 is 0. The Hall–Kier alpha value is -2.42. The molecule has 0 aliphatic heterocycles. The second-order valence-corrected chi connectivity index (χ2v) is 3.41. The first-order valence-electron chi connectivity index (χ1n) is 5.15. The Morgan fingerprint density at radius 3 is 2.88 bits per heavy atom. The number of rotatable bonds is 3. The Kier molecular flexibility index (Phi) is 3.01. The molecule has 0 saturated heterocycles. The van der Waals surface area contributed by atoms with Crippen LogP contribution in [0.3, 0.4) is 0 Å². The normalized spacial score (nSPS) is 10.1. The smallest absolute Gasteiger partial charge is 0.268 e. The van der Waals surface area contributed by atoms with Crippen molar-refractivity contribution in [2.45, 2.75) is 19.9 Å². The van der Waals surface area contributed by atoms with E-state index in [0.717, 1.165) is 0 Å². The summed E-state index contributed by atoms with van der Waals surface area (Å²) in [5.41, 5.74) is -0.256. The lowest BCUT2D eigenvalue weighted by molar-refractivity contribution is 0.440. The van der Waals surface area contributed by atoms with Crippen molar-refractivity contribution in [1.29, 1.82) is 5.26 Å². The Morgan fingerprint density at radius 1 is 1.47 bits per heavy atom. The third-order valence-electron chi connectivity index (χ3n) is 2.26. The molecule has 2 heterocycles. The second-order valence-electron chi connectivity index (χ2n) is 3.41. The fourth-order valence-corrected chi connectivity index (χ4v) is 1.39. The van der Waals surface area contributed by atoms with Crippen molar-refractivity contribution < 1.29 is 4.42 Å². The van der Waals surface area contributed by atoms with Crippen LogP contribution >= 0.6 is 0 Å². The highest BCUT2D eigenvalue weighted by Crippen LogP contribution is 2.02. The third kappa shape index (κ3) is 2.23. The monoisotopic (exact) mass is 230 g/mol. The van der Waals surface area contributed by atoms with Gasteiger partial charge in [-0.3, -0.25) is 4.79 Å². The molecule has 0 atom stereocenters. The molecule has 6 nitrogen and oxygen atoms in total. The van der Waals surface area contributed by atoms with E-state index in [4.69, 9.17) is 9.68 Å². The fourth-order valence-electron chi connectivity index (χ4n) is 1.39. The second kappa shape index (κ2) is 4.61. The highest BCUT2D eigenvalue weighted by atomic mass is 16.4. The van der Waals surface area contributed by atoms with Gasteiger partial charge in [-0.05, 0) is 12.1 Å². The molecule has 0 amide bonds. The van der Waals surface area contributed by atoms with Crippen molar-refractivity contribution >= 4 is 0 Å². The molecule has 2 rings (SSSR count). The highest BCUT2D eigenvalue weighted by Gasteiger charge is 2.07. The van der Waals surface area contributed by atoms with Gasteiger partial charge in [0.1, 0.15) is 18.2 Å². The number of hydrogen-bond donors (Lipinski definition) is 0. The zero-order valence-electron chi connectivity index (χ0n) is 9.25. The van der Waals surface area contributed by atoms with Crippen molar-refractivity contribution in [3.8, 4) is 6.07 Å². The molecule has 0 unspecified atom stereocenters. The summed E-state index contributed by atoms with van der Waals surface area (Å²) < 4.78 is 6.67. The maximum absolute atomic E-state index is 11.7. The van der Waals surface area contributed by atoms with E-state index in [9.17, 15) is 4.79 Å². The van der Waals surface area contributed by atoms with Crippen molar-refractivity contribution in [2.75, 3.05) is 0 Å². The Labute approximate surface area is 97.1 Å². The molecule has 0 aliphatic rings. The van der Waals surface area contributed by atoms with E-state index < -0.39 is 0 Å². The van der Waals surface area contributed by atoms with Crippen molar-refractivity contribution in [2.24, 2.45) is 0 Å². The molecule has 0 fully saturated rings. The first-order valence-corrected chi connectivity index (χ1v) is 5.15. The zero-order chi connectivity index (χ0) is 12.3. The van der Waals surface area contributed by atoms with E-state index in [0.29, 0.717) is 18.2 Å². The van der Waals surface area contributed by atoms with Gasteiger partial charge in [-0.15, -0.1) is 10.2 Å². The van der Waals surface area contributed by atoms with E-state index in [1.165, 1.54) is 10.6 Å². The molecule has 0 N–H and O–H groups in total. The fraction of sp³-hybridized carbons (Fsp3) is 0.273. The van der Waals surface area contributed by atoms with E-state index in [1.807, 2.05) is 13.0 Å². The molecule has 17 heavy (non-hydrogen) atoms. The summed E-state index contributed by atoms with van der Waals surface area (Å²) in [6.07, 6.45) is 2.24. The van der Waals surface area contributed by atoms with Crippen LogP contribution in [0.4, 0.5) is 0 Å². The van der Waals surface area contributed by atoms with Crippen LogP contribution < -0.4 is 5.56 Å². The minimum atomic E-state index is -0.355. The minimum absolute atomic E-state index is 0.0998. The maximum Gasteiger partial charge on any atom is 0.268 e. The molecule has 2 aromatic rings. The number of pyridine rings is 1. The van der Waals surface area contributed by atoms with Gasteiger partial charge in [0.15, 0.2) is 0 Å². The predicted molar refractivity (Wildman–Crippen MR) is 58.2 cm³/mol. The summed E-state index contributed by atoms with van der Waals surface area (Å²) in [7, 11) is 0. The van der Waals surface area contributed by atoms with Gasteiger partial charge in [-0.2, -0.15) is 5.26 Å². The van der Waals surface area contributed by atoms with Crippen molar-refractivity contribution in [3.63, 3.8) is 0 Å². The average Bonchev–Trinajstić information content (AvgIpc) is 2.79. The molecule has 0 bridgehead atoms. The molecule has 0 spiro atoms. The first-order chi connectivity index (χ1) is 8.24. The molecular weight excluding hydrogens is 220 g/mol. The van der Waals surface area contributed by atoms with Crippen LogP contribution in [-0.4, -0.2) is 14.8 Å². The summed E-state index contributed by atoms with van der Waals surface area (Å²) in [4.78, 5) is 11.7. The summed E-state index contributed by atoms with van der Waals surface area (Å²) in [5, 5.41) is 16.4. The zero-order valence-corrected chi connectivity index (χ0v) is 9.25. The van der Waals surface area contributed by atoms with Crippen LogP contribution in [-0.2, 0) is 13.0 Å². The number of aromatic nitrogens is 3. The van der Waals surface area contributed by atoms with E-state index >= 15 is 0 Å². The lowest BCUT2D eigenvalue weighted by Gasteiger charge is -2.01. The van der Waals surface area contributed by atoms with Gasteiger partial charge < -0.3 is 8.98 Å². The van der Waals surface area contributed by atoms with Crippen LogP contribution in [0.2, 0.25) is 0 Å². The maximum atomic E-state index is 11.7. The molecule has 0 aromatic carbocycles. The molecule has 6 heteroatoms. The molecule has 0 saturated carbocycles. The van der Waals surface area contributed by atoms with E-state index in [1.54, 1.807) is 12.3 Å².